The topological polar surface area (TPSA) is 79.6 Å². The number of benzene rings is 1. The highest BCUT2D eigenvalue weighted by molar-refractivity contribution is 5.80. The zero-order chi connectivity index (χ0) is 17.8. The third kappa shape index (κ3) is 2.15. The Labute approximate surface area is 147 Å². The molecule has 0 N–H and O–H groups in total. The molecule has 8 nitrogen and oxygen atoms in total. The Morgan fingerprint density at radius 1 is 1.08 bits per heavy atom. The Morgan fingerprint density at radius 2 is 1.92 bits per heavy atom. The predicted octanol–water partition coefficient (Wildman–Crippen LogP) is 1.41. The largest absolute Gasteiger partial charge is 0.352 e. The molecule has 1 saturated carbocycles. The Balaban J connectivity index is 1.66. The molecule has 0 radical (unpaired) electrons. The summed E-state index contributed by atoms with van der Waals surface area (Å²) < 4.78 is 5.89. The molecule has 8 heteroatoms. The van der Waals surface area contributed by atoms with Crippen LogP contribution in [0.2, 0.25) is 0 Å². The van der Waals surface area contributed by atoms with Crippen LogP contribution in [-0.4, -0.2) is 28.7 Å². The summed E-state index contributed by atoms with van der Waals surface area (Å²) in [5.74, 6) is 0. The van der Waals surface area contributed by atoms with E-state index in [1.165, 1.54) is 13.9 Å². The molecule has 4 aromatic rings. The maximum Gasteiger partial charge on any atom is 0.352 e. The highest BCUT2D eigenvalue weighted by Crippen LogP contribution is 2.32. The summed E-state index contributed by atoms with van der Waals surface area (Å²) in [6.45, 7) is 0. The lowest BCUT2D eigenvalue weighted by molar-refractivity contribution is 0.625. The summed E-state index contributed by atoms with van der Waals surface area (Å²) in [6, 6.07) is 9.34. The van der Waals surface area contributed by atoms with E-state index in [1.807, 2.05) is 30.5 Å². The molecule has 5 rings (SSSR count). The van der Waals surface area contributed by atoms with Crippen molar-refractivity contribution in [1.82, 2.24) is 28.7 Å². The van der Waals surface area contributed by atoms with E-state index in [0.717, 1.165) is 29.4 Å². The zero-order valence-corrected chi connectivity index (χ0v) is 14.1. The number of aromatic nitrogens is 6. The molecule has 1 fully saturated rings. The van der Waals surface area contributed by atoms with Crippen LogP contribution in [-0.2, 0) is 7.05 Å². The lowest BCUT2D eigenvalue weighted by Gasteiger charge is -2.04. The van der Waals surface area contributed by atoms with E-state index < -0.39 is 0 Å². The minimum absolute atomic E-state index is 0.0412. The van der Waals surface area contributed by atoms with E-state index in [1.54, 1.807) is 30.2 Å². The first-order valence-corrected chi connectivity index (χ1v) is 8.44. The average molecular weight is 348 g/mol. The molecule has 0 aliphatic heterocycles. The van der Waals surface area contributed by atoms with E-state index in [4.69, 9.17) is 0 Å². The number of fused-ring (bicyclic) bond motifs is 1. The minimum Gasteiger partial charge on any atom is -0.262 e. The minimum atomic E-state index is -0.293. The molecular weight excluding hydrogens is 332 g/mol. The van der Waals surface area contributed by atoms with E-state index in [9.17, 15) is 9.59 Å². The second-order valence-electron chi connectivity index (χ2n) is 6.53. The number of pyridine rings is 1. The molecule has 1 aliphatic rings. The number of nitrogens with zero attached hydrogens (tertiary/aromatic N) is 6. The third-order valence-electron chi connectivity index (χ3n) is 4.73. The van der Waals surface area contributed by atoms with Crippen LogP contribution in [0.25, 0.3) is 22.3 Å². The van der Waals surface area contributed by atoms with Gasteiger partial charge in [-0.25, -0.2) is 23.5 Å². The predicted molar refractivity (Wildman–Crippen MR) is 96.0 cm³/mol. The van der Waals surface area contributed by atoms with Gasteiger partial charge in [-0.3, -0.25) is 4.98 Å². The molecular formula is C18H16N6O2. The van der Waals surface area contributed by atoms with Crippen molar-refractivity contribution in [1.29, 1.82) is 0 Å². The van der Waals surface area contributed by atoms with Gasteiger partial charge >= 0.3 is 11.4 Å². The van der Waals surface area contributed by atoms with Gasteiger partial charge in [-0.2, -0.15) is 9.78 Å². The SMILES string of the molecule is Cn1c(=O)n(C2CC2)c(=O)n1-c1ccc2nn(-c3cccnc3)cc2c1. The standard InChI is InChI=1S/C18H16N6O2/c1-21-17(25)23(13-4-5-13)18(26)24(21)14-6-7-16-12(9-14)11-22(20-16)15-3-2-8-19-10-15/h2-3,6-11,13H,4-5H2,1H3. The van der Waals surface area contributed by atoms with Gasteiger partial charge in [0.1, 0.15) is 0 Å². The lowest BCUT2D eigenvalue weighted by Crippen LogP contribution is -2.27. The summed E-state index contributed by atoms with van der Waals surface area (Å²) in [4.78, 5) is 29.2. The first-order chi connectivity index (χ1) is 12.6. The Kier molecular flexibility index (Phi) is 3.03. The molecule has 1 aliphatic carbocycles. The Bertz CT molecular complexity index is 1240. The molecule has 1 aromatic carbocycles. The fourth-order valence-corrected chi connectivity index (χ4v) is 3.25. The monoisotopic (exact) mass is 348 g/mol. The van der Waals surface area contributed by atoms with Crippen LogP contribution in [0.15, 0.2) is 58.5 Å². The molecule has 0 spiro atoms. The normalized spacial score (nSPS) is 14.2. The molecule has 0 unspecified atom stereocenters. The van der Waals surface area contributed by atoms with Gasteiger partial charge in [-0.15, -0.1) is 0 Å². The van der Waals surface area contributed by atoms with Crippen LogP contribution in [0.1, 0.15) is 18.9 Å². The van der Waals surface area contributed by atoms with Crippen LogP contribution >= 0.6 is 0 Å². The zero-order valence-electron chi connectivity index (χ0n) is 14.1. The molecule has 130 valence electrons. The maximum atomic E-state index is 12.7. The quantitative estimate of drug-likeness (QED) is 0.561. The first kappa shape index (κ1) is 14.9. The average Bonchev–Trinajstić information content (AvgIpc) is 3.34. The molecule has 0 bridgehead atoms. The van der Waals surface area contributed by atoms with Gasteiger partial charge in [0.2, 0.25) is 0 Å². The van der Waals surface area contributed by atoms with Crippen LogP contribution in [0.5, 0.6) is 0 Å². The molecule has 0 amide bonds. The lowest BCUT2D eigenvalue weighted by atomic mass is 10.2. The molecule has 3 heterocycles. The number of rotatable bonds is 3. The Morgan fingerprint density at radius 3 is 2.65 bits per heavy atom. The summed E-state index contributed by atoms with van der Waals surface area (Å²) in [6.07, 6.45) is 7.10. The molecule has 0 atom stereocenters. The highest BCUT2D eigenvalue weighted by atomic mass is 16.2. The van der Waals surface area contributed by atoms with Crippen molar-refractivity contribution in [2.45, 2.75) is 18.9 Å². The summed E-state index contributed by atoms with van der Waals surface area (Å²) in [7, 11) is 1.62. The molecule has 26 heavy (non-hydrogen) atoms. The molecule has 3 aromatic heterocycles. The van der Waals surface area contributed by atoms with E-state index in [2.05, 4.69) is 10.1 Å². The van der Waals surface area contributed by atoms with Crippen molar-refractivity contribution in [3.63, 3.8) is 0 Å². The Hall–Kier alpha value is -3.42. The van der Waals surface area contributed by atoms with Crippen LogP contribution in [0, 0.1) is 0 Å². The van der Waals surface area contributed by atoms with Gasteiger partial charge < -0.3 is 0 Å². The van der Waals surface area contributed by atoms with Crippen LogP contribution in [0.3, 0.4) is 0 Å². The van der Waals surface area contributed by atoms with E-state index in [0.29, 0.717) is 5.69 Å². The smallest absolute Gasteiger partial charge is 0.262 e. The van der Waals surface area contributed by atoms with Crippen molar-refractivity contribution in [2.75, 3.05) is 0 Å². The van der Waals surface area contributed by atoms with Gasteiger partial charge in [-0.05, 0) is 43.2 Å². The van der Waals surface area contributed by atoms with Crippen LogP contribution < -0.4 is 11.4 Å². The first-order valence-electron chi connectivity index (χ1n) is 8.44. The fraction of sp³-hybridized carbons (Fsp3) is 0.222. The van der Waals surface area contributed by atoms with Crippen LogP contribution in [0.4, 0.5) is 0 Å². The van der Waals surface area contributed by atoms with E-state index >= 15 is 0 Å². The van der Waals surface area contributed by atoms with E-state index in [-0.39, 0.29) is 17.4 Å². The third-order valence-corrected chi connectivity index (χ3v) is 4.73. The second-order valence-corrected chi connectivity index (χ2v) is 6.53. The van der Waals surface area contributed by atoms with Crippen molar-refractivity contribution in [3.8, 4) is 11.4 Å². The summed E-state index contributed by atoms with van der Waals surface area (Å²) in [5.41, 5.74) is 1.74. The summed E-state index contributed by atoms with van der Waals surface area (Å²) in [5, 5.41) is 5.42. The van der Waals surface area contributed by atoms with Gasteiger partial charge in [0.15, 0.2) is 0 Å². The highest BCUT2D eigenvalue weighted by Gasteiger charge is 2.30. The van der Waals surface area contributed by atoms with Crippen molar-refractivity contribution >= 4 is 10.9 Å². The van der Waals surface area contributed by atoms with Crippen molar-refractivity contribution in [3.05, 3.63) is 69.9 Å². The maximum absolute atomic E-state index is 12.7. The van der Waals surface area contributed by atoms with Crippen molar-refractivity contribution < 1.29 is 0 Å². The van der Waals surface area contributed by atoms with Gasteiger partial charge in [0, 0.05) is 30.9 Å². The summed E-state index contributed by atoms with van der Waals surface area (Å²) >= 11 is 0. The molecule has 0 saturated heterocycles. The van der Waals surface area contributed by atoms with Gasteiger partial charge in [-0.1, -0.05) is 0 Å². The van der Waals surface area contributed by atoms with Crippen molar-refractivity contribution in [2.24, 2.45) is 7.05 Å². The van der Waals surface area contributed by atoms with Gasteiger partial charge in [0.25, 0.3) is 0 Å². The van der Waals surface area contributed by atoms with Gasteiger partial charge in [0.05, 0.1) is 23.1 Å². The number of hydrogen-bond donors (Lipinski definition) is 0. The number of hydrogen-bond acceptors (Lipinski definition) is 4. The second kappa shape index (κ2) is 5.29. The fourth-order valence-electron chi connectivity index (χ4n) is 3.25.